The van der Waals surface area contributed by atoms with Crippen molar-refractivity contribution in [1.29, 1.82) is 0 Å². The Hall–Kier alpha value is -1.77. The largest absolute Gasteiger partial charge is 0.468 e. The lowest BCUT2D eigenvalue weighted by molar-refractivity contribution is -0.125. The van der Waals surface area contributed by atoms with Crippen molar-refractivity contribution in [2.24, 2.45) is 5.92 Å². The highest BCUT2D eigenvalue weighted by Gasteiger charge is 2.30. The monoisotopic (exact) mass is 422 g/mol. The lowest BCUT2D eigenvalue weighted by atomic mass is 9.97. The van der Waals surface area contributed by atoms with E-state index in [2.05, 4.69) is 5.32 Å². The average Bonchev–Trinajstić information content (AvgIpc) is 3.22. The predicted octanol–water partition coefficient (Wildman–Crippen LogP) is 2.87. The van der Waals surface area contributed by atoms with Crippen LogP contribution in [-0.2, 0) is 26.3 Å². The van der Waals surface area contributed by atoms with E-state index in [0.717, 1.165) is 22.8 Å². The van der Waals surface area contributed by atoms with Crippen molar-refractivity contribution in [2.45, 2.75) is 24.3 Å². The Morgan fingerprint density at radius 1 is 1.14 bits per heavy atom. The van der Waals surface area contributed by atoms with Gasteiger partial charge in [0.1, 0.15) is 5.76 Å². The van der Waals surface area contributed by atoms with Gasteiger partial charge in [-0.2, -0.15) is 11.8 Å². The first-order valence-corrected chi connectivity index (χ1v) is 12.2. The van der Waals surface area contributed by atoms with Gasteiger partial charge in [0.2, 0.25) is 15.9 Å². The van der Waals surface area contributed by atoms with Gasteiger partial charge < -0.3 is 9.73 Å². The van der Waals surface area contributed by atoms with Crippen LogP contribution in [0, 0.1) is 5.92 Å². The fourth-order valence-electron chi connectivity index (χ4n) is 3.23. The van der Waals surface area contributed by atoms with Gasteiger partial charge in [-0.15, -0.1) is 0 Å². The summed E-state index contributed by atoms with van der Waals surface area (Å²) >= 11 is 1.71. The number of hydrogen-bond acceptors (Lipinski definition) is 5. The molecule has 3 rings (SSSR count). The Morgan fingerprint density at radius 3 is 2.57 bits per heavy atom. The van der Waals surface area contributed by atoms with Crippen LogP contribution in [-0.4, -0.2) is 44.0 Å². The van der Waals surface area contributed by atoms with Crippen LogP contribution in [0.4, 0.5) is 0 Å². The van der Waals surface area contributed by atoms with Gasteiger partial charge in [-0.25, -0.2) is 12.7 Å². The number of carbonyl (C=O) groups excluding carboxylic acids is 1. The Balaban J connectivity index is 1.36. The molecule has 0 bridgehead atoms. The van der Waals surface area contributed by atoms with E-state index in [1.807, 2.05) is 42.5 Å². The summed E-state index contributed by atoms with van der Waals surface area (Å²) in [6, 6.07) is 13.0. The van der Waals surface area contributed by atoms with Gasteiger partial charge in [-0.3, -0.25) is 4.79 Å². The first kappa shape index (κ1) is 21.0. The van der Waals surface area contributed by atoms with E-state index < -0.39 is 10.0 Å². The molecule has 0 atom stereocenters. The lowest BCUT2D eigenvalue weighted by Gasteiger charge is -2.30. The first-order chi connectivity index (χ1) is 13.5. The van der Waals surface area contributed by atoms with Crippen molar-refractivity contribution in [3.63, 3.8) is 0 Å². The van der Waals surface area contributed by atoms with Crippen molar-refractivity contribution >= 4 is 27.7 Å². The molecular weight excluding hydrogens is 396 g/mol. The highest BCUT2D eigenvalue weighted by molar-refractivity contribution is 7.98. The molecule has 6 nitrogen and oxygen atoms in total. The third-order valence-corrected chi connectivity index (χ3v) is 7.61. The van der Waals surface area contributed by atoms with Crippen molar-refractivity contribution in [2.75, 3.05) is 25.4 Å². The molecule has 152 valence electrons. The zero-order valence-electron chi connectivity index (χ0n) is 15.7. The minimum Gasteiger partial charge on any atom is -0.468 e. The summed E-state index contributed by atoms with van der Waals surface area (Å²) in [7, 11) is -3.34. The van der Waals surface area contributed by atoms with Crippen LogP contribution in [0.25, 0.3) is 0 Å². The maximum Gasteiger partial charge on any atom is 0.223 e. The number of thioether (sulfide) groups is 1. The van der Waals surface area contributed by atoms with Crippen LogP contribution in [0.15, 0.2) is 53.1 Å². The molecule has 8 heteroatoms. The van der Waals surface area contributed by atoms with Gasteiger partial charge in [-0.1, -0.05) is 30.3 Å². The molecule has 1 fully saturated rings. The smallest absolute Gasteiger partial charge is 0.223 e. The number of hydrogen-bond donors (Lipinski definition) is 1. The van der Waals surface area contributed by atoms with Crippen LogP contribution in [0.2, 0.25) is 0 Å². The topological polar surface area (TPSA) is 79.6 Å². The van der Waals surface area contributed by atoms with Crippen molar-refractivity contribution in [3.8, 4) is 0 Å². The molecule has 0 aliphatic carbocycles. The maximum absolute atomic E-state index is 12.6. The summed E-state index contributed by atoms with van der Waals surface area (Å²) in [5.41, 5.74) is 0.786. The second kappa shape index (κ2) is 10.1. The van der Waals surface area contributed by atoms with Gasteiger partial charge in [0, 0.05) is 31.3 Å². The van der Waals surface area contributed by atoms with Crippen LogP contribution in [0.3, 0.4) is 0 Å². The quantitative estimate of drug-likeness (QED) is 0.629. The molecule has 2 aromatic rings. The zero-order valence-corrected chi connectivity index (χ0v) is 17.4. The summed E-state index contributed by atoms with van der Waals surface area (Å²) in [5, 5.41) is 2.97. The zero-order chi connectivity index (χ0) is 19.8. The normalized spacial score (nSPS) is 16.1. The highest BCUT2D eigenvalue weighted by Crippen LogP contribution is 2.22. The Kier molecular flexibility index (Phi) is 7.58. The molecule has 0 unspecified atom stereocenters. The van der Waals surface area contributed by atoms with Crippen molar-refractivity contribution < 1.29 is 17.6 Å². The third-order valence-electron chi connectivity index (χ3n) is 4.78. The summed E-state index contributed by atoms with van der Waals surface area (Å²) < 4.78 is 32.0. The van der Waals surface area contributed by atoms with E-state index >= 15 is 0 Å². The fraction of sp³-hybridized carbons (Fsp3) is 0.450. The van der Waals surface area contributed by atoms with Gasteiger partial charge in [0.05, 0.1) is 17.8 Å². The summed E-state index contributed by atoms with van der Waals surface area (Å²) in [6.07, 6.45) is 2.79. The third kappa shape index (κ3) is 6.12. The molecule has 2 heterocycles. The highest BCUT2D eigenvalue weighted by atomic mass is 32.2. The number of nitrogens with one attached hydrogen (secondary N) is 1. The maximum atomic E-state index is 12.6. The van der Waals surface area contributed by atoms with Crippen LogP contribution in [0.1, 0.15) is 24.2 Å². The van der Waals surface area contributed by atoms with Gasteiger partial charge >= 0.3 is 0 Å². The number of carbonyl (C=O) groups is 1. The first-order valence-electron chi connectivity index (χ1n) is 9.44. The molecule has 1 aliphatic rings. The molecule has 1 aliphatic heterocycles. The number of rotatable bonds is 9. The minimum absolute atomic E-state index is 0.0115. The summed E-state index contributed by atoms with van der Waals surface area (Å²) in [5.74, 6) is 2.46. The van der Waals surface area contributed by atoms with E-state index in [4.69, 9.17) is 4.42 Å². The van der Waals surface area contributed by atoms with Crippen molar-refractivity contribution in [3.05, 3.63) is 60.1 Å². The SMILES string of the molecule is O=C(NCCSCc1ccco1)C1CCN(S(=O)(=O)Cc2ccccc2)CC1. The number of benzene rings is 1. The average molecular weight is 423 g/mol. The molecule has 0 saturated carbocycles. The summed E-state index contributed by atoms with van der Waals surface area (Å²) in [6.45, 7) is 1.41. The summed E-state index contributed by atoms with van der Waals surface area (Å²) in [4.78, 5) is 12.3. The molecular formula is C20H26N2O4S2. The van der Waals surface area contributed by atoms with Crippen molar-refractivity contribution in [1.82, 2.24) is 9.62 Å². The number of nitrogens with zero attached hydrogens (tertiary/aromatic N) is 1. The number of amides is 1. The fourth-order valence-corrected chi connectivity index (χ4v) is 5.55. The number of furan rings is 1. The molecule has 0 radical (unpaired) electrons. The van der Waals surface area contributed by atoms with E-state index in [1.54, 1.807) is 18.0 Å². The Labute approximate surface area is 170 Å². The van der Waals surface area contributed by atoms with E-state index in [1.165, 1.54) is 4.31 Å². The number of sulfonamides is 1. The Bertz CT molecular complexity index is 830. The Morgan fingerprint density at radius 2 is 1.89 bits per heavy atom. The second-order valence-electron chi connectivity index (χ2n) is 6.84. The molecule has 1 aromatic heterocycles. The van der Waals surface area contributed by atoms with Gasteiger partial charge in [-0.05, 0) is 30.5 Å². The standard InChI is InChI=1S/C20H26N2O4S2/c23-20(21-10-14-27-15-19-7-4-13-26-19)18-8-11-22(12-9-18)28(24,25)16-17-5-2-1-3-6-17/h1-7,13,18H,8-12,14-16H2,(H,21,23). The van der Waals surface area contributed by atoms with E-state index in [0.29, 0.717) is 32.5 Å². The molecule has 1 amide bonds. The molecule has 1 saturated heterocycles. The van der Waals surface area contributed by atoms with E-state index in [9.17, 15) is 13.2 Å². The van der Waals surface area contributed by atoms with Gasteiger partial charge in [0.25, 0.3) is 0 Å². The van der Waals surface area contributed by atoms with Crippen LogP contribution >= 0.6 is 11.8 Å². The molecule has 28 heavy (non-hydrogen) atoms. The predicted molar refractivity (Wildman–Crippen MR) is 111 cm³/mol. The van der Waals surface area contributed by atoms with E-state index in [-0.39, 0.29) is 17.6 Å². The van der Waals surface area contributed by atoms with Crippen LogP contribution in [0.5, 0.6) is 0 Å². The molecule has 0 spiro atoms. The number of piperidine rings is 1. The molecule has 1 N–H and O–H groups in total. The van der Waals surface area contributed by atoms with Gasteiger partial charge in [0.15, 0.2) is 0 Å². The second-order valence-corrected chi connectivity index (χ2v) is 9.91. The minimum atomic E-state index is -3.34. The lowest BCUT2D eigenvalue weighted by Crippen LogP contribution is -2.43. The van der Waals surface area contributed by atoms with Crippen LogP contribution < -0.4 is 5.32 Å². The molecule has 1 aromatic carbocycles.